The van der Waals surface area contributed by atoms with Gasteiger partial charge < -0.3 is 5.32 Å². The minimum Gasteiger partial charge on any atom is -0.367 e. The number of rotatable bonds is 5. The predicted octanol–water partition coefficient (Wildman–Crippen LogP) is 3.83. The second kappa shape index (κ2) is 7.72. The van der Waals surface area contributed by atoms with Crippen molar-refractivity contribution in [3.63, 3.8) is 0 Å². The number of fused-ring (bicyclic) bond motifs is 3. The molecule has 146 valence electrons. The lowest BCUT2D eigenvalue weighted by Gasteiger charge is -2.35. The maximum atomic E-state index is 4.62. The van der Waals surface area contributed by atoms with E-state index < -0.39 is 0 Å². The Morgan fingerprint density at radius 2 is 2.00 bits per heavy atom. The SMILES string of the molecule is CN(Cc1cnccn1)C1CCC(Nc2ncnc3sc4c(c23)CCC4)CC1. The second-order valence-electron chi connectivity index (χ2n) is 8.02. The summed E-state index contributed by atoms with van der Waals surface area (Å²) in [6, 6.07) is 1.10. The highest BCUT2D eigenvalue weighted by Gasteiger charge is 2.26. The lowest BCUT2D eigenvalue weighted by molar-refractivity contribution is 0.177. The Hall–Kier alpha value is -2.12. The minimum absolute atomic E-state index is 0.497. The summed E-state index contributed by atoms with van der Waals surface area (Å²) in [5, 5.41) is 5.06. The van der Waals surface area contributed by atoms with Crippen LogP contribution in [0.15, 0.2) is 24.9 Å². The first-order valence-corrected chi connectivity index (χ1v) is 11.1. The number of hydrogen-bond donors (Lipinski definition) is 1. The first-order chi connectivity index (χ1) is 13.8. The van der Waals surface area contributed by atoms with Crippen molar-refractivity contribution in [3.05, 3.63) is 41.1 Å². The number of anilines is 1. The van der Waals surface area contributed by atoms with Gasteiger partial charge in [0.25, 0.3) is 0 Å². The van der Waals surface area contributed by atoms with E-state index in [9.17, 15) is 0 Å². The highest BCUT2D eigenvalue weighted by molar-refractivity contribution is 7.19. The fraction of sp³-hybridized carbons (Fsp3) is 0.524. The molecule has 28 heavy (non-hydrogen) atoms. The Bertz CT molecular complexity index is 948. The molecule has 6 nitrogen and oxygen atoms in total. The van der Waals surface area contributed by atoms with Gasteiger partial charge in [0.1, 0.15) is 17.0 Å². The molecule has 3 heterocycles. The molecular weight excluding hydrogens is 368 g/mol. The van der Waals surface area contributed by atoms with E-state index in [0.717, 1.165) is 22.9 Å². The number of nitrogens with one attached hydrogen (secondary N) is 1. The zero-order valence-electron chi connectivity index (χ0n) is 16.3. The Morgan fingerprint density at radius 3 is 2.82 bits per heavy atom. The molecule has 3 aromatic rings. The smallest absolute Gasteiger partial charge is 0.138 e. The van der Waals surface area contributed by atoms with Gasteiger partial charge in [-0.25, -0.2) is 9.97 Å². The lowest BCUT2D eigenvalue weighted by atomic mass is 9.90. The van der Waals surface area contributed by atoms with Gasteiger partial charge in [-0.2, -0.15) is 0 Å². The van der Waals surface area contributed by atoms with Gasteiger partial charge in [-0.3, -0.25) is 14.9 Å². The molecule has 2 aliphatic carbocycles. The van der Waals surface area contributed by atoms with E-state index in [-0.39, 0.29) is 0 Å². The van der Waals surface area contributed by atoms with Gasteiger partial charge in [0, 0.05) is 42.1 Å². The van der Waals surface area contributed by atoms with Crippen molar-refractivity contribution in [3.8, 4) is 0 Å². The third-order valence-electron chi connectivity index (χ3n) is 6.19. The van der Waals surface area contributed by atoms with Crippen LogP contribution in [0.3, 0.4) is 0 Å². The summed E-state index contributed by atoms with van der Waals surface area (Å²) in [6.07, 6.45) is 15.5. The Morgan fingerprint density at radius 1 is 1.11 bits per heavy atom. The van der Waals surface area contributed by atoms with Gasteiger partial charge in [-0.05, 0) is 57.6 Å². The van der Waals surface area contributed by atoms with E-state index in [2.05, 4.69) is 37.2 Å². The zero-order chi connectivity index (χ0) is 18.9. The fourth-order valence-electron chi connectivity index (χ4n) is 4.69. The summed E-state index contributed by atoms with van der Waals surface area (Å²) >= 11 is 1.86. The standard InChI is InChI=1S/C21H26N6S/c1-27(12-15-11-22-9-10-23-15)16-7-5-14(6-8-16)26-20-19-17-3-2-4-18(17)28-21(19)25-13-24-20/h9-11,13-14,16H,2-8,12H2,1H3,(H,24,25,26). The average Bonchev–Trinajstić information content (AvgIpc) is 3.31. The minimum atomic E-state index is 0.497. The molecule has 5 rings (SSSR count). The molecule has 1 saturated carbocycles. The summed E-state index contributed by atoms with van der Waals surface area (Å²) in [5.74, 6) is 1.06. The zero-order valence-corrected chi connectivity index (χ0v) is 17.1. The number of thiophene rings is 1. The van der Waals surface area contributed by atoms with Crippen LogP contribution in [0.2, 0.25) is 0 Å². The molecule has 7 heteroatoms. The number of aromatic nitrogens is 4. The number of nitrogens with zero attached hydrogens (tertiary/aromatic N) is 5. The number of hydrogen-bond acceptors (Lipinski definition) is 7. The Kier molecular flexibility index (Phi) is 4.94. The van der Waals surface area contributed by atoms with Crippen LogP contribution in [-0.4, -0.2) is 44.0 Å². The van der Waals surface area contributed by atoms with Crippen LogP contribution in [-0.2, 0) is 19.4 Å². The van der Waals surface area contributed by atoms with Crippen molar-refractivity contribution in [2.24, 2.45) is 0 Å². The van der Waals surface area contributed by atoms with Crippen molar-refractivity contribution < 1.29 is 0 Å². The monoisotopic (exact) mass is 394 g/mol. The molecule has 0 aliphatic heterocycles. The summed E-state index contributed by atoms with van der Waals surface area (Å²) < 4.78 is 0. The van der Waals surface area contributed by atoms with Crippen LogP contribution in [0.25, 0.3) is 10.2 Å². The highest BCUT2D eigenvalue weighted by Crippen LogP contribution is 2.39. The molecular formula is C21H26N6S. The molecule has 1 N–H and O–H groups in total. The van der Waals surface area contributed by atoms with Crippen LogP contribution < -0.4 is 5.32 Å². The molecule has 0 unspecified atom stereocenters. The molecule has 0 radical (unpaired) electrons. The number of aryl methyl sites for hydroxylation is 2. The van der Waals surface area contributed by atoms with Gasteiger partial charge in [0.15, 0.2) is 0 Å². The van der Waals surface area contributed by atoms with Gasteiger partial charge in [0.2, 0.25) is 0 Å². The summed E-state index contributed by atoms with van der Waals surface area (Å²) in [7, 11) is 2.20. The molecule has 3 aromatic heterocycles. The van der Waals surface area contributed by atoms with Crippen LogP contribution in [0.1, 0.15) is 48.2 Å². The molecule has 0 amide bonds. The largest absolute Gasteiger partial charge is 0.367 e. The van der Waals surface area contributed by atoms with E-state index >= 15 is 0 Å². The Labute approximate surface area is 169 Å². The first-order valence-electron chi connectivity index (χ1n) is 10.2. The molecule has 0 spiro atoms. The van der Waals surface area contributed by atoms with E-state index in [1.807, 2.05) is 17.5 Å². The van der Waals surface area contributed by atoms with Crippen molar-refractivity contribution >= 4 is 27.4 Å². The van der Waals surface area contributed by atoms with Crippen molar-refractivity contribution in [2.75, 3.05) is 12.4 Å². The molecule has 2 aliphatic rings. The molecule has 0 bridgehead atoms. The van der Waals surface area contributed by atoms with Crippen LogP contribution in [0.5, 0.6) is 0 Å². The van der Waals surface area contributed by atoms with Crippen molar-refractivity contribution in [1.29, 1.82) is 0 Å². The van der Waals surface area contributed by atoms with Crippen molar-refractivity contribution in [2.45, 2.75) is 63.6 Å². The normalized spacial score (nSPS) is 21.9. The fourth-order valence-corrected chi connectivity index (χ4v) is 5.92. The Balaban J connectivity index is 1.23. The summed E-state index contributed by atoms with van der Waals surface area (Å²) in [4.78, 5) is 22.8. The molecule has 0 aromatic carbocycles. The molecule has 0 atom stereocenters. The van der Waals surface area contributed by atoms with Gasteiger partial charge in [-0.1, -0.05) is 0 Å². The van der Waals surface area contributed by atoms with E-state index in [1.165, 1.54) is 60.8 Å². The lowest BCUT2D eigenvalue weighted by Crippen LogP contribution is -2.38. The van der Waals surface area contributed by atoms with Crippen LogP contribution >= 0.6 is 11.3 Å². The van der Waals surface area contributed by atoms with Gasteiger partial charge in [0.05, 0.1) is 11.1 Å². The second-order valence-corrected chi connectivity index (χ2v) is 9.11. The average molecular weight is 395 g/mol. The van der Waals surface area contributed by atoms with Gasteiger partial charge >= 0.3 is 0 Å². The first kappa shape index (κ1) is 17.9. The van der Waals surface area contributed by atoms with Crippen LogP contribution in [0.4, 0.5) is 5.82 Å². The van der Waals surface area contributed by atoms with Gasteiger partial charge in [-0.15, -0.1) is 11.3 Å². The van der Waals surface area contributed by atoms with E-state index in [1.54, 1.807) is 18.7 Å². The maximum Gasteiger partial charge on any atom is 0.138 e. The maximum absolute atomic E-state index is 4.62. The highest BCUT2D eigenvalue weighted by atomic mass is 32.1. The quantitative estimate of drug-likeness (QED) is 0.709. The van der Waals surface area contributed by atoms with E-state index in [4.69, 9.17) is 0 Å². The predicted molar refractivity (Wildman–Crippen MR) is 113 cm³/mol. The van der Waals surface area contributed by atoms with E-state index in [0.29, 0.717) is 12.1 Å². The topological polar surface area (TPSA) is 66.8 Å². The third kappa shape index (κ3) is 3.49. The van der Waals surface area contributed by atoms with Crippen LogP contribution in [0, 0.1) is 0 Å². The summed E-state index contributed by atoms with van der Waals surface area (Å²) in [6.45, 7) is 0.865. The molecule has 1 fully saturated rings. The molecule has 0 saturated heterocycles. The summed E-state index contributed by atoms with van der Waals surface area (Å²) in [5.41, 5.74) is 2.54. The third-order valence-corrected chi connectivity index (χ3v) is 7.39. The van der Waals surface area contributed by atoms with Crippen molar-refractivity contribution in [1.82, 2.24) is 24.8 Å².